The van der Waals surface area contributed by atoms with E-state index in [2.05, 4.69) is 5.32 Å². The molecular formula is C21H28N2O4. The number of hydrogen-bond acceptors (Lipinski definition) is 4. The van der Waals surface area contributed by atoms with Crippen LogP contribution in [0.4, 0.5) is 5.69 Å². The van der Waals surface area contributed by atoms with Gasteiger partial charge in [-0.05, 0) is 50.8 Å². The fourth-order valence-corrected chi connectivity index (χ4v) is 3.84. The summed E-state index contributed by atoms with van der Waals surface area (Å²) in [7, 11) is 0. The Morgan fingerprint density at radius 3 is 2.63 bits per heavy atom. The molecule has 1 aliphatic carbocycles. The Morgan fingerprint density at radius 1 is 1.22 bits per heavy atom. The van der Waals surface area contributed by atoms with Crippen molar-refractivity contribution in [3.05, 3.63) is 29.3 Å². The average molecular weight is 372 g/mol. The van der Waals surface area contributed by atoms with Crippen LogP contribution in [0, 0.1) is 19.8 Å². The van der Waals surface area contributed by atoms with Crippen molar-refractivity contribution in [3.8, 4) is 0 Å². The SMILES string of the molecule is Cc1cccc(N2CC(C(=O)OC(C)C(=O)NC3CCCC3)CC2=O)c1C. The third-order valence-corrected chi connectivity index (χ3v) is 5.69. The van der Waals surface area contributed by atoms with Gasteiger partial charge in [0.25, 0.3) is 5.91 Å². The van der Waals surface area contributed by atoms with Crippen LogP contribution in [-0.4, -0.2) is 36.5 Å². The minimum absolute atomic E-state index is 0.0892. The molecule has 2 fully saturated rings. The highest BCUT2D eigenvalue weighted by molar-refractivity contribution is 6.00. The first-order chi connectivity index (χ1) is 12.9. The summed E-state index contributed by atoms with van der Waals surface area (Å²) in [5, 5.41) is 2.94. The highest BCUT2D eigenvalue weighted by Gasteiger charge is 2.38. The Morgan fingerprint density at radius 2 is 1.93 bits per heavy atom. The van der Waals surface area contributed by atoms with Crippen molar-refractivity contribution in [3.63, 3.8) is 0 Å². The van der Waals surface area contributed by atoms with Crippen molar-refractivity contribution < 1.29 is 19.1 Å². The van der Waals surface area contributed by atoms with E-state index in [1.165, 1.54) is 0 Å². The van der Waals surface area contributed by atoms with Crippen LogP contribution in [0.15, 0.2) is 18.2 Å². The Kier molecular flexibility index (Phi) is 5.82. The fraction of sp³-hybridized carbons (Fsp3) is 0.571. The molecule has 1 N–H and O–H groups in total. The summed E-state index contributed by atoms with van der Waals surface area (Å²) >= 11 is 0. The zero-order chi connectivity index (χ0) is 19.6. The highest BCUT2D eigenvalue weighted by Crippen LogP contribution is 2.30. The molecule has 0 radical (unpaired) electrons. The van der Waals surface area contributed by atoms with Crippen LogP contribution in [-0.2, 0) is 19.1 Å². The van der Waals surface area contributed by atoms with Crippen molar-refractivity contribution in [2.75, 3.05) is 11.4 Å². The average Bonchev–Trinajstić information content (AvgIpc) is 3.27. The molecule has 1 aromatic carbocycles. The summed E-state index contributed by atoms with van der Waals surface area (Å²) in [6.45, 7) is 5.84. The van der Waals surface area contributed by atoms with Crippen molar-refractivity contribution in [2.45, 2.75) is 65.0 Å². The third kappa shape index (κ3) is 4.31. The molecule has 0 aromatic heterocycles. The molecule has 6 nitrogen and oxygen atoms in total. The lowest BCUT2D eigenvalue weighted by atomic mass is 10.1. The molecule has 0 spiro atoms. The Labute approximate surface area is 160 Å². The van der Waals surface area contributed by atoms with E-state index >= 15 is 0 Å². The molecule has 2 atom stereocenters. The maximum absolute atomic E-state index is 12.5. The van der Waals surface area contributed by atoms with Crippen LogP contribution in [0.3, 0.4) is 0 Å². The van der Waals surface area contributed by atoms with Crippen molar-refractivity contribution in [1.29, 1.82) is 0 Å². The van der Waals surface area contributed by atoms with Gasteiger partial charge in [-0.2, -0.15) is 0 Å². The number of rotatable bonds is 5. The second-order valence-corrected chi connectivity index (χ2v) is 7.69. The van der Waals surface area contributed by atoms with Crippen LogP contribution in [0.1, 0.15) is 50.2 Å². The summed E-state index contributed by atoms with van der Waals surface area (Å²) in [4.78, 5) is 38.8. The number of hydrogen-bond donors (Lipinski definition) is 1. The first-order valence-corrected chi connectivity index (χ1v) is 9.74. The molecule has 2 amide bonds. The van der Waals surface area contributed by atoms with Gasteiger partial charge in [0.2, 0.25) is 5.91 Å². The molecule has 0 bridgehead atoms. The number of nitrogens with zero attached hydrogens (tertiary/aromatic N) is 1. The van der Waals surface area contributed by atoms with Crippen LogP contribution in [0.2, 0.25) is 0 Å². The van der Waals surface area contributed by atoms with Crippen molar-refractivity contribution >= 4 is 23.5 Å². The first-order valence-electron chi connectivity index (χ1n) is 9.74. The van der Waals surface area contributed by atoms with Gasteiger partial charge >= 0.3 is 5.97 Å². The first kappa shape index (κ1) is 19.4. The van der Waals surface area contributed by atoms with E-state index in [9.17, 15) is 14.4 Å². The summed E-state index contributed by atoms with van der Waals surface area (Å²) in [6.07, 6.45) is 3.48. The lowest BCUT2D eigenvalue weighted by Gasteiger charge is -2.21. The Bertz CT molecular complexity index is 740. The zero-order valence-corrected chi connectivity index (χ0v) is 16.3. The van der Waals surface area contributed by atoms with Gasteiger partial charge < -0.3 is 15.0 Å². The number of nitrogens with one attached hydrogen (secondary N) is 1. The molecule has 1 aliphatic heterocycles. The van der Waals surface area contributed by atoms with E-state index in [1.807, 2.05) is 32.0 Å². The van der Waals surface area contributed by atoms with E-state index in [0.29, 0.717) is 6.54 Å². The molecular weight excluding hydrogens is 344 g/mol. The Balaban J connectivity index is 1.58. The van der Waals surface area contributed by atoms with Gasteiger partial charge in [0.15, 0.2) is 6.10 Å². The molecule has 146 valence electrons. The molecule has 1 aromatic rings. The molecule has 27 heavy (non-hydrogen) atoms. The van der Waals surface area contributed by atoms with Gasteiger partial charge in [0.1, 0.15) is 0 Å². The lowest BCUT2D eigenvalue weighted by molar-refractivity contribution is -0.158. The fourth-order valence-electron chi connectivity index (χ4n) is 3.84. The molecule has 1 saturated heterocycles. The van der Waals surface area contributed by atoms with Crippen LogP contribution in [0.5, 0.6) is 0 Å². The van der Waals surface area contributed by atoms with Gasteiger partial charge in [0, 0.05) is 24.7 Å². The number of carbonyl (C=O) groups is 3. The summed E-state index contributed by atoms with van der Waals surface area (Å²) < 4.78 is 5.36. The lowest BCUT2D eigenvalue weighted by Crippen LogP contribution is -2.41. The Hall–Kier alpha value is -2.37. The standard InChI is InChI=1S/C21H28N2O4/c1-13-7-6-10-18(14(13)2)23-12-16(11-19(23)24)21(26)27-15(3)20(25)22-17-8-4-5-9-17/h6-7,10,15-17H,4-5,8-9,11-12H2,1-3H3,(H,22,25). The third-order valence-electron chi connectivity index (χ3n) is 5.69. The monoisotopic (exact) mass is 372 g/mol. The summed E-state index contributed by atoms with van der Waals surface area (Å²) in [5.74, 6) is -1.37. The minimum atomic E-state index is -0.844. The maximum atomic E-state index is 12.5. The van der Waals surface area contributed by atoms with E-state index < -0.39 is 18.0 Å². The predicted molar refractivity (Wildman–Crippen MR) is 102 cm³/mol. The number of benzene rings is 1. The van der Waals surface area contributed by atoms with Crippen molar-refractivity contribution in [1.82, 2.24) is 5.32 Å². The van der Waals surface area contributed by atoms with Gasteiger partial charge in [-0.25, -0.2) is 0 Å². The van der Waals surface area contributed by atoms with Crippen molar-refractivity contribution in [2.24, 2.45) is 5.92 Å². The predicted octanol–water partition coefficient (Wildman–Crippen LogP) is 2.65. The molecule has 3 rings (SSSR count). The van der Waals surface area contributed by atoms with Crippen LogP contribution < -0.4 is 10.2 Å². The summed E-state index contributed by atoms with van der Waals surface area (Å²) in [6, 6.07) is 5.99. The largest absolute Gasteiger partial charge is 0.452 e. The second-order valence-electron chi connectivity index (χ2n) is 7.69. The number of amides is 2. The maximum Gasteiger partial charge on any atom is 0.312 e. The van der Waals surface area contributed by atoms with Gasteiger partial charge in [-0.1, -0.05) is 25.0 Å². The molecule has 2 aliphatic rings. The van der Waals surface area contributed by atoms with Crippen LogP contribution >= 0.6 is 0 Å². The zero-order valence-electron chi connectivity index (χ0n) is 16.3. The smallest absolute Gasteiger partial charge is 0.312 e. The van der Waals surface area contributed by atoms with Crippen LogP contribution in [0.25, 0.3) is 0 Å². The summed E-state index contributed by atoms with van der Waals surface area (Å²) in [5.41, 5.74) is 2.97. The number of aryl methyl sites for hydroxylation is 1. The van der Waals surface area contributed by atoms with E-state index in [1.54, 1.807) is 11.8 Å². The highest BCUT2D eigenvalue weighted by atomic mass is 16.5. The van der Waals surface area contributed by atoms with E-state index in [0.717, 1.165) is 42.5 Å². The number of carbonyl (C=O) groups excluding carboxylic acids is 3. The minimum Gasteiger partial charge on any atom is -0.452 e. The molecule has 2 unspecified atom stereocenters. The van der Waals surface area contributed by atoms with Gasteiger partial charge in [-0.3, -0.25) is 14.4 Å². The quantitative estimate of drug-likeness (QED) is 0.806. The van der Waals surface area contributed by atoms with Gasteiger partial charge in [0.05, 0.1) is 5.92 Å². The number of ether oxygens (including phenoxy) is 1. The number of anilines is 1. The topological polar surface area (TPSA) is 75.7 Å². The second kappa shape index (κ2) is 8.11. The number of esters is 1. The van der Waals surface area contributed by atoms with E-state index in [4.69, 9.17) is 4.74 Å². The van der Waals surface area contributed by atoms with Gasteiger partial charge in [-0.15, -0.1) is 0 Å². The molecule has 1 saturated carbocycles. The molecule has 6 heteroatoms. The molecule has 1 heterocycles. The normalized spacial score (nSPS) is 21.4. The van der Waals surface area contributed by atoms with E-state index in [-0.39, 0.29) is 24.3 Å².